The first-order valence-electron chi connectivity index (χ1n) is 11.5. The van der Waals surface area contributed by atoms with E-state index in [0.717, 1.165) is 19.0 Å². The van der Waals surface area contributed by atoms with E-state index in [1.807, 2.05) is 15.9 Å². The van der Waals surface area contributed by atoms with Crippen LogP contribution in [0.1, 0.15) is 37.3 Å². The van der Waals surface area contributed by atoms with Crippen LogP contribution in [0.3, 0.4) is 0 Å². The minimum Gasteiger partial charge on any atom is -0.378 e. The zero-order chi connectivity index (χ0) is 25.9. The lowest BCUT2D eigenvalue weighted by atomic mass is 10.0. The zero-order valence-corrected chi connectivity index (χ0v) is 19.5. The van der Waals surface area contributed by atoms with E-state index in [0.29, 0.717) is 37.6 Å². The molecule has 0 aromatic carbocycles. The summed E-state index contributed by atoms with van der Waals surface area (Å²) < 4.78 is 45.4. The maximum atomic E-state index is 13.2. The SMILES string of the molecule is C[C@@H](CO[C@@H]1CCN(C2CCN(c3ncc(C#N)cn3)CC2)C1=O)Nc1cn[nH]c(=O)c1C(F)(F)F. The van der Waals surface area contributed by atoms with Gasteiger partial charge in [0.05, 0.1) is 36.4 Å². The van der Waals surface area contributed by atoms with Crippen LogP contribution in [0.4, 0.5) is 24.8 Å². The van der Waals surface area contributed by atoms with Crippen molar-refractivity contribution in [2.24, 2.45) is 0 Å². The van der Waals surface area contributed by atoms with Crippen LogP contribution in [-0.4, -0.2) is 75.4 Å². The van der Waals surface area contributed by atoms with E-state index >= 15 is 0 Å². The van der Waals surface area contributed by atoms with Gasteiger partial charge in [-0.3, -0.25) is 9.59 Å². The number of ether oxygens (including phenoxy) is 1. The predicted octanol–water partition coefficient (Wildman–Crippen LogP) is 1.54. The van der Waals surface area contributed by atoms with Gasteiger partial charge in [0.1, 0.15) is 17.7 Å². The largest absolute Gasteiger partial charge is 0.423 e. The number of nitrogens with one attached hydrogen (secondary N) is 2. The van der Waals surface area contributed by atoms with Gasteiger partial charge in [0.2, 0.25) is 5.95 Å². The second-order valence-electron chi connectivity index (χ2n) is 8.77. The van der Waals surface area contributed by atoms with Crippen LogP contribution in [0.2, 0.25) is 0 Å². The summed E-state index contributed by atoms with van der Waals surface area (Å²) in [5.41, 5.74) is -2.74. The molecule has 36 heavy (non-hydrogen) atoms. The fourth-order valence-electron chi connectivity index (χ4n) is 4.47. The molecule has 0 radical (unpaired) electrons. The van der Waals surface area contributed by atoms with Crippen LogP contribution in [0.5, 0.6) is 0 Å². The number of carbonyl (C=O) groups excluding carboxylic acids is 1. The fourth-order valence-corrected chi connectivity index (χ4v) is 4.47. The standard InChI is InChI=1S/C22H25F3N8O3/c1-13(30-16-11-29-31-19(34)18(16)22(23,24)25)12-36-17-4-7-33(20(17)35)15-2-5-32(6-3-15)21-27-9-14(8-26)10-28-21/h9-11,13,15,17H,2-7,12H2,1H3,(H2,30,31,34)/t13-,17+/m0/s1. The van der Waals surface area contributed by atoms with Crippen molar-refractivity contribution in [1.82, 2.24) is 25.1 Å². The van der Waals surface area contributed by atoms with Crippen LogP contribution in [0.15, 0.2) is 23.4 Å². The highest BCUT2D eigenvalue weighted by Gasteiger charge is 2.39. The third kappa shape index (κ3) is 5.56. The van der Waals surface area contributed by atoms with Crippen LogP contribution in [-0.2, 0) is 15.7 Å². The molecule has 0 aliphatic carbocycles. The number of anilines is 2. The maximum absolute atomic E-state index is 13.2. The van der Waals surface area contributed by atoms with Gasteiger partial charge in [-0.2, -0.15) is 23.5 Å². The number of H-pyrrole nitrogens is 1. The molecule has 2 aromatic rings. The first-order chi connectivity index (χ1) is 17.2. The highest BCUT2D eigenvalue weighted by molar-refractivity contribution is 5.83. The van der Waals surface area contributed by atoms with Crippen LogP contribution < -0.4 is 15.8 Å². The highest BCUT2D eigenvalue weighted by Crippen LogP contribution is 2.32. The van der Waals surface area contributed by atoms with Crippen molar-refractivity contribution < 1.29 is 22.7 Å². The van der Waals surface area contributed by atoms with E-state index in [2.05, 4.69) is 20.4 Å². The topological polar surface area (TPSA) is 140 Å². The molecule has 4 rings (SSSR count). The Kier molecular flexibility index (Phi) is 7.39. The van der Waals surface area contributed by atoms with Crippen molar-refractivity contribution in [3.05, 3.63) is 40.1 Å². The van der Waals surface area contributed by atoms with E-state index < -0.39 is 35.1 Å². The highest BCUT2D eigenvalue weighted by atomic mass is 19.4. The first kappa shape index (κ1) is 25.4. The number of nitrogens with zero attached hydrogens (tertiary/aromatic N) is 6. The lowest BCUT2D eigenvalue weighted by Gasteiger charge is -2.36. The summed E-state index contributed by atoms with van der Waals surface area (Å²) in [5.74, 6) is 0.413. The summed E-state index contributed by atoms with van der Waals surface area (Å²) in [7, 11) is 0. The lowest BCUT2D eigenvalue weighted by Crippen LogP contribution is -2.47. The van der Waals surface area contributed by atoms with Gasteiger partial charge < -0.3 is 19.9 Å². The van der Waals surface area contributed by atoms with Gasteiger partial charge in [0.15, 0.2) is 0 Å². The summed E-state index contributed by atoms with van der Waals surface area (Å²) in [4.78, 5) is 36.8. The number of alkyl halides is 3. The Morgan fingerprint density at radius 2 is 1.89 bits per heavy atom. The number of amides is 1. The number of carbonyl (C=O) groups is 1. The normalized spacial score (nSPS) is 19.9. The predicted molar refractivity (Wildman–Crippen MR) is 121 cm³/mol. The molecule has 0 saturated carbocycles. The molecular weight excluding hydrogens is 481 g/mol. The number of aromatic amines is 1. The number of aromatic nitrogens is 4. The molecule has 192 valence electrons. The monoisotopic (exact) mass is 506 g/mol. The molecule has 2 aliphatic heterocycles. The Labute approximate surface area is 204 Å². The lowest BCUT2D eigenvalue weighted by molar-refractivity contribution is -0.139. The summed E-state index contributed by atoms with van der Waals surface area (Å²) in [5, 5.41) is 16.7. The Hall–Kier alpha value is -3.73. The molecule has 2 aliphatic rings. The zero-order valence-electron chi connectivity index (χ0n) is 19.5. The summed E-state index contributed by atoms with van der Waals surface area (Å²) in [6.07, 6.45) is 0.296. The molecule has 1 amide bonds. The molecule has 2 fully saturated rings. The Morgan fingerprint density at radius 1 is 1.19 bits per heavy atom. The Bertz CT molecular complexity index is 1170. The van der Waals surface area contributed by atoms with Crippen molar-refractivity contribution >= 4 is 17.5 Å². The third-order valence-electron chi connectivity index (χ3n) is 6.24. The second-order valence-corrected chi connectivity index (χ2v) is 8.77. The average Bonchev–Trinajstić information content (AvgIpc) is 3.22. The number of hydrogen-bond donors (Lipinski definition) is 2. The molecule has 4 heterocycles. The fraction of sp³-hybridized carbons (Fsp3) is 0.545. The second kappa shape index (κ2) is 10.5. The molecule has 14 heteroatoms. The van der Waals surface area contributed by atoms with Crippen LogP contribution >= 0.6 is 0 Å². The van der Waals surface area contributed by atoms with E-state index in [1.165, 1.54) is 12.4 Å². The van der Waals surface area contributed by atoms with Crippen molar-refractivity contribution in [3.8, 4) is 6.07 Å². The molecule has 2 N–H and O–H groups in total. The molecule has 0 unspecified atom stereocenters. The van der Waals surface area contributed by atoms with Gasteiger partial charge >= 0.3 is 6.18 Å². The molecule has 0 spiro atoms. The Balaban J connectivity index is 1.27. The number of hydrogen-bond acceptors (Lipinski definition) is 9. The summed E-state index contributed by atoms with van der Waals surface area (Å²) in [6.45, 7) is 3.44. The van der Waals surface area contributed by atoms with Crippen molar-refractivity contribution in [3.63, 3.8) is 0 Å². The third-order valence-corrected chi connectivity index (χ3v) is 6.24. The Morgan fingerprint density at radius 3 is 2.53 bits per heavy atom. The minimum absolute atomic E-state index is 0.0250. The maximum Gasteiger partial charge on any atom is 0.423 e. The number of piperidine rings is 1. The quantitative estimate of drug-likeness (QED) is 0.572. The molecule has 2 atom stereocenters. The minimum atomic E-state index is -4.84. The first-order valence-corrected chi connectivity index (χ1v) is 11.5. The van der Waals surface area contributed by atoms with Gasteiger partial charge in [-0.15, -0.1) is 0 Å². The van der Waals surface area contributed by atoms with E-state index in [-0.39, 0.29) is 18.6 Å². The van der Waals surface area contributed by atoms with Gasteiger partial charge in [-0.05, 0) is 19.8 Å². The van der Waals surface area contributed by atoms with E-state index in [4.69, 9.17) is 10.00 Å². The van der Waals surface area contributed by atoms with Gasteiger partial charge in [0.25, 0.3) is 11.5 Å². The van der Waals surface area contributed by atoms with Crippen molar-refractivity contribution in [2.75, 3.05) is 36.5 Å². The summed E-state index contributed by atoms with van der Waals surface area (Å²) >= 11 is 0. The molecule has 11 nitrogen and oxygen atoms in total. The summed E-state index contributed by atoms with van der Waals surface area (Å²) in [6, 6.07) is 1.43. The van der Waals surface area contributed by atoms with E-state index in [1.54, 1.807) is 12.0 Å². The number of likely N-dealkylation sites (tertiary alicyclic amines) is 1. The molecule has 2 aromatic heterocycles. The van der Waals surface area contributed by atoms with Crippen molar-refractivity contribution in [2.45, 2.75) is 50.6 Å². The number of halogens is 3. The number of rotatable bonds is 7. The van der Waals surface area contributed by atoms with Gasteiger partial charge in [0, 0.05) is 38.1 Å². The molecular formula is C22H25F3N8O3. The van der Waals surface area contributed by atoms with Crippen LogP contribution in [0.25, 0.3) is 0 Å². The molecule has 0 bridgehead atoms. The van der Waals surface area contributed by atoms with Gasteiger partial charge in [-0.25, -0.2) is 15.1 Å². The smallest absolute Gasteiger partial charge is 0.378 e. The van der Waals surface area contributed by atoms with Crippen molar-refractivity contribution in [1.29, 1.82) is 5.26 Å². The number of nitriles is 1. The van der Waals surface area contributed by atoms with Crippen LogP contribution in [0, 0.1) is 11.3 Å². The van der Waals surface area contributed by atoms with Gasteiger partial charge in [-0.1, -0.05) is 0 Å². The average molecular weight is 506 g/mol. The molecule has 2 saturated heterocycles. The van der Waals surface area contributed by atoms with E-state index in [9.17, 15) is 22.8 Å².